The summed E-state index contributed by atoms with van der Waals surface area (Å²) < 4.78 is 2.96. The average Bonchev–Trinajstić information content (AvgIpc) is 2.61. The lowest BCUT2D eigenvalue weighted by Crippen LogP contribution is -1.99. The molecule has 0 saturated carbocycles. The number of benzene rings is 1. The van der Waals surface area contributed by atoms with Crippen LogP contribution < -0.4 is 0 Å². The maximum Gasteiger partial charge on any atom is 0.162 e. The Morgan fingerprint density at radius 3 is 2.53 bits per heavy atom. The van der Waals surface area contributed by atoms with Crippen LogP contribution in [-0.2, 0) is 19.2 Å². The highest BCUT2D eigenvalue weighted by Gasteiger charge is 2.05. The zero-order chi connectivity index (χ0) is 10.8. The zero-order valence-corrected chi connectivity index (χ0v) is 10.5. The molecule has 0 atom stereocenters. The predicted molar refractivity (Wildman–Crippen MR) is 64.5 cm³/mol. The Morgan fingerprint density at radius 1 is 1.27 bits per heavy atom. The maximum absolute atomic E-state index is 5.08. The van der Waals surface area contributed by atoms with Gasteiger partial charge in [-0.05, 0) is 19.1 Å². The van der Waals surface area contributed by atoms with E-state index in [0.717, 1.165) is 22.4 Å². The Balaban J connectivity index is 2.49. The van der Waals surface area contributed by atoms with Gasteiger partial charge in [-0.3, -0.25) is 0 Å². The highest BCUT2D eigenvalue weighted by atomic mass is 79.9. The first-order valence-corrected chi connectivity index (χ1v) is 5.78. The van der Waals surface area contributed by atoms with E-state index in [1.807, 2.05) is 35.8 Å². The summed E-state index contributed by atoms with van der Waals surface area (Å²) in [6, 6.07) is 7.95. The molecule has 15 heavy (non-hydrogen) atoms. The number of hydrogen-bond donors (Lipinski definition) is 0. The van der Waals surface area contributed by atoms with E-state index in [2.05, 4.69) is 26.1 Å². The maximum atomic E-state index is 5.08. The molecule has 0 spiro atoms. The smallest absolute Gasteiger partial charge is 0.162 e. The van der Waals surface area contributed by atoms with Crippen LogP contribution in [0.25, 0.3) is 11.4 Å². The number of rotatable bonds is 2. The van der Waals surface area contributed by atoms with Gasteiger partial charge in [-0.15, -0.1) is 5.10 Å². The van der Waals surface area contributed by atoms with Gasteiger partial charge in [0.15, 0.2) is 5.82 Å². The highest BCUT2D eigenvalue weighted by Crippen LogP contribution is 2.20. The zero-order valence-electron chi connectivity index (χ0n) is 8.14. The molecule has 1 heterocycles. The van der Waals surface area contributed by atoms with Crippen molar-refractivity contribution >= 4 is 28.6 Å². The van der Waals surface area contributed by atoms with Crippen LogP contribution in [0.2, 0.25) is 0 Å². The number of aromatic nitrogens is 3. The topological polar surface area (TPSA) is 30.7 Å². The van der Waals surface area contributed by atoms with E-state index in [0.29, 0.717) is 5.16 Å². The van der Waals surface area contributed by atoms with Crippen LogP contribution >= 0.6 is 15.9 Å². The van der Waals surface area contributed by atoms with Crippen LogP contribution in [-0.4, -0.2) is 14.8 Å². The summed E-state index contributed by atoms with van der Waals surface area (Å²) >= 11 is 8.47. The van der Waals surface area contributed by atoms with E-state index in [4.69, 9.17) is 12.6 Å². The van der Waals surface area contributed by atoms with Crippen LogP contribution in [0.1, 0.15) is 6.92 Å². The number of halogens is 1. The van der Waals surface area contributed by atoms with E-state index in [9.17, 15) is 0 Å². The lowest BCUT2D eigenvalue weighted by molar-refractivity contribution is 0.689. The van der Waals surface area contributed by atoms with E-state index < -0.39 is 0 Å². The predicted octanol–water partition coefficient (Wildman–Crippen LogP) is 2.63. The van der Waals surface area contributed by atoms with Gasteiger partial charge in [-0.1, -0.05) is 28.1 Å². The Kier molecular flexibility index (Phi) is 3.02. The molecular weight excluding hydrogens is 274 g/mol. The van der Waals surface area contributed by atoms with Crippen molar-refractivity contribution in [1.29, 1.82) is 0 Å². The van der Waals surface area contributed by atoms with Gasteiger partial charge in [0.2, 0.25) is 0 Å². The fraction of sp³-hybridized carbons (Fsp3) is 0.200. The van der Waals surface area contributed by atoms with Crippen molar-refractivity contribution in [1.82, 2.24) is 14.8 Å². The summed E-state index contributed by atoms with van der Waals surface area (Å²) in [5.41, 5.74) is 1.03. The van der Waals surface area contributed by atoms with Crippen LogP contribution in [0.3, 0.4) is 0 Å². The van der Waals surface area contributed by atoms with Gasteiger partial charge >= 0.3 is 0 Å². The third-order valence-corrected chi connectivity index (χ3v) is 2.97. The summed E-state index contributed by atoms with van der Waals surface area (Å²) in [7, 11) is 0. The third kappa shape index (κ3) is 2.03. The van der Waals surface area contributed by atoms with Gasteiger partial charge in [-0.25, -0.2) is 0 Å². The van der Waals surface area contributed by atoms with Gasteiger partial charge in [0, 0.05) is 21.7 Å². The van der Waals surface area contributed by atoms with Crippen molar-refractivity contribution in [3.63, 3.8) is 0 Å². The number of nitrogens with zero attached hydrogens (tertiary/aromatic N) is 3. The standard InChI is InChI=1S/C10H10BrN3S/c1-2-14-9(12-13-10(14)15)7-3-5-8(11)6-4-7/h3-6H,2H2,1H3,(H,13,15)/p-1. The van der Waals surface area contributed by atoms with Crippen molar-refractivity contribution in [2.75, 3.05) is 0 Å². The molecule has 0 amide bonds. The number of hydrogen-bond acceptors (Lipinski definition) is 3. The van der Waals surface area contributed by atoms with Crippen molar-refractivity contribution in [3.05, 3.63) is 28.7 Å². The van der Waals surface area contributed by atoms with Crippen LogP contribution in [0.5, 0.6) is 0 Å². The second-order valence-corrected chi connectivity index (χ2v) is 4.34. The quantitative estimate of drug-likeness (QED) is 0.794. The molecule has 0 fully saturated rings. The molecule has 0 unspecified atom stereocenters. The second kappa shape index (κ2) is 4.28. The van der Waals surface area contributed by atoms with Crippen molar-refractivity contribution in [2.24, 2.45) is 0 Å². The van der Waals surface area contributed by atoms with Crippen molar-refractivity contribution < 1.29 is 0 Å². The van der Waals surface area contributed by atoms with Gasteiger partial charge in [-0.2, -0.15) is 5.10 Å². The largest absolute Gasteiger partial charge is 0.740 e. The summed E-state index contributed by atoms with van der Waals surface area (Å²) in [4.78, 5) is 0. The lowest BCUT2D eigenvalue weighted by Gasteiger charge is -2.09. The van der Waals surface area contributed by atoms with E-state index in [1.54, 1.807) is 0 Å². The first kappa shape index (κ1) is 10.6. The van der Waals surface area contributed by atoms with Crippen LogP contribution in [0.15, 0.2) is 33.9 Å². The van der Waals surface area contributed by atoms with E-state index in [1.165, 1.54) is 0 Å². The molecule has 0 radical (unpaired) electrons. The lowest BCUT2D eigenvalue weighted by atomic mass is 10.2. The molecular formula is C10H9BrN3S-. The van der Waals surface area contributed by atoms with Crippen molar-refractivity contribution in [2.45, 2.75) is 18.6 Å². The Morgan fingerprint density at radius 2 is 1.93 bits per heavy atom. The molecule has 0 bridgehead atoms. The third-order valence-electron chi connectivity index (χ3n) is 2.14. The Hall–Kier alpha value is -0.940. The van der Waals surface area contributed by atoms with Crippen LogP contribution in [0, 0.1) is 0 Å². The monoisotopic (exact) mass is 282 g/mol. The molecule has 1 aromatic carbocycles. The average molecular weight is 283 g/mol. The molecule has 0 aliphatic carbocycles. The molecule has 0 aliphatic heterocycles. The molecule has 1 aromatic heterocycles. The summed E-state index contributed by atoms with van der Waals surface area (Å²) in [6.07, 6.45) is 0. The minimum absolute atomic E-state index is 0.537. The SMILES string of the molecule is CCn1c([S-])nnc1-c1ccc(Br)cc1. The molecule has 5 heteroatoms. The molecule has 2 rings (SSSR count). The first-order chi connectivity index (χ1) is 7.22. The summed E-state index contributed by atoms with van der Waals surface area (Å²) in [5.74, 6) is 0.829. The summed E-state index contributed by atoms with van der Waals surface area (Å²) in [5, 5.41) is 8.52. The second-order valence-electron chi connectivity index (χ2n) is 3.06. The Labute approximate surface area is 102 Å². The molecule has 0 saturated heterocycles. The minimum Gasteiger partial charge on any atom is -0.740 e. The van der Waals surface area contributed by atoms with E-state index in [-0.39, 0.29) is 0 Å². The van der Waals surface area contributed by atoms with Gasteiger partial charge < -0.3 is 17.2 Å². The Bertz CT molecular complexity index is 464. The van der Waals surface area contributed by atoms with E-state index >= 15 is 0 Å². The molecule has 3 nitrogen and oxygen atoms in total. The molecule has 2 aromatic rings. The summed E-state index contributed by atoms with van der Waals surface area (Å²) in [6.45, 7) is 2.82. The fourth-order valence-corrected chi connectivity index (χ4v) is 1.91. The highest BCUT2D eigenvalue weighted by molar-refractivity contribution is 9.10. The van der Waals surface area contributed by atoms with Crippen LogP contribution in [0.4, 0.5) is 0 Å². The van der Waals surface area contributed by atoms with Gasteiger partial charge in [0.05, 0.1) is 0 Å². The molecule has 78 valence electrons. The normalized spacial score (nSPS) is 10.5. The minimum atomic E-state index is 0.537. The molecule has 0 N–H and O–H groups in total. The van der Waals surface area contributed by atoms with Crippen molar-refractivity contribution in [3.8, 4) is 11.4 Å². The fourth-order valence-electron chi connectivity index (χ4n) is 1.39. The first-order valence-electron chi connectivity index (χ1n) is 4.58. The van der Waals surface area contributed by atoms with Gasteiger partial charge in [0.1, 0.15) is 0 Å². The molecule has 0 aliphatic rings. The van der Waals surface area contributed by atoms with Gasteiger partial charge in [0.25, 0.3) is 0 Å².